The fraction of sp³-hybridized carbons (Fsp3) is 0.538. The fourth-order valence-electron chi connectivity index (χ4n) is 5.16. The van der Waals surface area contributed by atoms with Crippen LogP contribution in [0.1, 0.15) is 52.5 Å². The molecule has 1 aliphatic heterocycles. The van der Waals surface area contributed by atoms with Crippen molar-refractivity contribution in [3.05, 3.63) is 65.5 Å². The van der Waals surface area contributed by atoms with E-state index in [2.05, 4.69) is 52.2 Å². The molecule has 6 nitrogen and oxygen atoms in total. The van der Waals surface area contributed by atoms with Crippen molar-refractivity contribution in [1.29, 1.82) is 0 Å². The van der Waals surface area contributed by atoms with Gasteiger partial charge in [-0.1, -0.05) is 36.4 Å². The van der Waals surface area contributed by atoms with Crippen LogP contribution in [0.2, 0.25) is 0 Å². The summed E-state index contributed by atoms with van der Waals surface area (Å²) in [5, 5.41) is 8.41. The number of nitrogens with zero attached hydrogens (tertiary/aromatic N) is 4. The highest BCUT2D eigenvalue weighted by Crippen LogP contribution is 2.28. The molecule has 0 radical (unpaired) electrons. The van der Waals surface area contributed by atoms with Crippen LogP contribution in [0.5, 0.6) is 0 Å². The summed E-state index contributed by atoms with van der Waals surface area (Å²) in [5.41, 5.74) is 4.43. The van der Waals surface area contributed by atoms with Crippen LogP contribution >= 0.6 is 0 Å². The molecule has 172 valence electrons. The van der Waals surface area contributed by atoms with Crippen LogP contribution in [0.15, 0.2) is 43.0 Å². The summed E-state index contributed by atoms with van der Waals surface area (Å²) in [6.45, 7) is 8.92. The summed E-state index contributed by atoms with van der Waals surface area (Å²) in [4.78, 5) is 16.9. The lowest BCUT2D eigenvalue weighted by molar-refractivity contribution is 0.0820. The second-order valence-electron chi connectivity index (χ2n) is 9.36. The molecule has 1 unspecified atom stereocenters. The van der Waals surface area contributed by atoms with Crippen molar-refractivity contribution < 1.29 is 4.79 Å². The summed E-state index contributed by atoms with van der Waals surface area (Å²) in [6, 6.07) is 11.3. The average Bonchev–Trinajstić information content (AvgIpc) is 3.17. The minimum atomic E-state index is -0.00833. The molecule has 1 N–H and O–H groups in total. The molecule has 0 saturated carbocycles. The van der Waals surface area contributed by atoms with Gasteiger partial charge in [0.05, 0.1) is 6.54 Å². The Morgan fingerprint density at radius 1 is 1.22 bits per heavy atom. The maximum absolute atomic E-state index is 12.7. The number of likely N-dealkylation sites (tertiary alicyclic amines) is 1. The summed E-state index contributed by atoms with van der Waals surface area (Å²) in [7, 11) is 3.58. The lowest BCUT2D eigenvalue weighted by Gasteiger charge is -2.33. The lowest BCUT2D eigenvalue weighted by atomic mass is 9.89. The van der Waals surface area contributed by atoms with Crippen LogP contribution in [0.25, 0.3) is 0 Å². The topological polar surface area (TPSA) is 53.4 Å². The normalized spacial score (nSPS) is 19.5. The van der Waals surface area contributed by atoms with Crippen LogP contribution < -0.4 is 5.32 Å². The van der Waals surface area contributed by atoms with Crippen LogP contribution in [-0.2, 0) is 19.4 Å². The molecule has 1 atom stereocenters. The van der Waals surface area contributed by atoms with Gasteiger partial charge in [-0.3, -0.25) is 9.48 Å². The van der Waals surface area contributed by atoms with E-state index in [1.807, 2.05) is 10.8 Å². The SMILES string of the molecule is C=CCn1nc(C(=O)N(C)C)c2c1CCC(NCCN1CCC(c3ccccc3)CC1)C2. The number of allylic oxidation sites excluding steroid dienone is 1. The molecular formula is C26H37N5O. The largest absolute Gasteiger partial charge is 0.343 e. The van der Waals surface area contributed by atoms with E-state index in [1.54, 1.807) is 19.0 Å². The molecule has 2 heterocycles. The standard InChI is InChI=1S/C26H37N5O/c1-4-15-31-24-11-10-22(19-23(24)25(28-31)26(32)29(2)3)27-14-18-30-16-12-21(13-17-30)20-8-6-5-7-9-20/h4-9,21-22,27H,1,10-19H2,2-3H3. The van der Waals surface area contributed by atoms with E-state index >= 15 is 0 Å². The number of piperidine rings is 1. The first-order valence-corrected chi connectivity index (χ1v) is 12.0. The number of rotatable bonds is 8. The van der Waals surface area contributed by atoms with Crippen molar-refractivity contribution in [3.63, 3.8) is 0 Å². The number of hydrogen-bond acceptors (Lipinski definition) is 4. The summed E-state index contributed by atoms with van der Waals surface area (Å²) < 4.78 is 1.96. The van der Waals surface area contributed by atoms with Gasteiger partial charge in [0, 0.05) is 44.5 Å². The van der Waals surface area contributed by atoms with E-state index in [4.69, 9.17) is 0 Å². The van der Waals surface area contributed by atoms with Crippen LogP contribution in [-0.4, -0.2) is 71.8 Å². The molecule has 1 saturated heterocycles. The zero-order chi connectivity index (χ0) is 22.5. The predicted octanol–water partition coefficient (Wildman–Crippen LogP) is 3.10. The third kappa shape index (κ3) is 5.13. The molecule has 0 spiro atoms. The maximum Gasteiger partial charge on any atom is 0.274 e. The monoisotopic (exact) mass is 435 g/mol. The van der Waals surface area contributed by atoms with Gasteiger partial charge in [0.1, 0.15) is 0 Å². The van der Waals surface area contributed by atoms with Gasteiger partial charge < -0.3 is 15.1 Å². The summed E-state index contributed by atoms with van der Waals surface area (Å²) in [5.74, 6) is 0.697. The van der Waals surface area contributed by atoms with Crippen molar-refractivity contribution in [2.45, 2.75) is 50.6 Å². The van der Waals surface area contributed by atoms with Gasteiger partial charge in [-0.15, -0.1) is 6.58 Å². The zero-order valence-electron chi connectivity index (χ0n) is 19.6. The van der Waals surface area contributed by atoms with E-state index in [0.717, 1.165) is 37.9 Å². The first kappa shape index (κ1) is 22.7. The Kier molecular flexibility index (Phi) is 7.43. The second-order valence-corrected chi connectivity index (χ2v) is 9.36. The molecular weight excluding hydrogens is 398 g/mol. The van der Waals surface area contributed by atoms with Gasteiger partial charge in [-0.2, -0.15) is 5.10 Å². The first-order chi connectivity index (χ1) is 15.6. The number of benzene rings is 1. The Bertz CT molecular complexity index is 912. The third-order valence-electron chi connectivity index (χ3n) is 6.98. The Hall–Kier alpha value is -2.44. The van der Waals surface area contributed by atoms with E-state index in [1.165, 1.54) is 37.2 Å². The Morgan fingerprint density at radius 3 is 2.66 bits per heavy atom. The highest BCUT2D eigenvalue weighted by molar-refractivity contribution is 5.93. The number of carbonyl (C=O) groups is 1. The Morgan fingerprint density at radius 2 is 1.97 bits per heavy atom. The van der Waals surface area contributed by atoms with Crippen molar-refractivity contribution in [2.24, 2.45) is 0 Å². The molecule has 4 rings (SSSR count). The molecule has 32 heavy (non-hydrogen) atoms. The van der Waals surface area contributed by atoms with Gasteiger partial charge in [0.25, 0.3) is 5.91 Å². The Labute approximate surface area is 192 Å². The quantitative estimate of drug-likeness (QED) is 0.648. The van der Waals surface area contributed by atoms with Crippen LogP contribution in [0.3, 0.4) is 0 Å². The van der Waals surface area contributed by atoms with Gasteiger partial charge >= 0.3 is 0 Å². The van der Waals surface area contributed by atoms with E-state index in [0.29, 0.717) is 24.2 Å². The van der Waals surface area contributed by atoms with Gasteiger partial charge in [0.15, 0.2) is 5.69 Å². The molecule has 1 aromatic heterocycles. The molecule has 6 heteroatoms. The van der Waals surface area contributed by atoms with Crippen LogP contribution in [0, 0.1) is 0 Å². The number of fused-ring (bicyclic) bond motifs is 1. The number of carbonyl (C=O) groups excluding carboxylic acids is 1. The molecule has 0 bridgehead atoms. The highest BCUT2D eigenvalue weighted by Gasteiger charge is 2.29. The summed E-state index contributed by atoms with van der Waals surface area (Å²) in [6.07, 6.45) is 7.25. The smallest absolute Gasteiger partial charge is 0.274 e. The van der Waals surface area contributed by atoms with Gasteiger partial charge in [-0.25, -0.2) is 0 Å². The van der Waals surface area contributed by atoms with Crippen molar-refractivity contribution in [1.82, 2.24) is 24.9 Å². The molecule has 1 fully saturated rings. The maximum atomic E-state index is 12.7. The lowest BCUT2D eigenvalue weighted by Crippen LogP contribution is -2.42. The van der Waals surface area contributed by atoms with Gasteiger partial charge in [-0.05, 0) is 56.7 Å². The second kappa shape index (κ2) is 10.5. The number of aromatic nitrogens is 2. The van der Waals surface area contributed by atoms with Crippen molar-refractivity contribution in [2.75, 3.05) is 40.3 Å². The molecule has 1 amide bonds. The molecule has 1 aliphatic carbocycles. The number of amides is 1. The highest BCUT2D eigenvalue weighted by atomic mass is 16.2. The minimum absolute atomic E-state index is 0.00833. The predicted molar refractivity (Wildman–Crippen MR) is 129 cm³/mol. The van der Waals surface area contributed by atoms with Crippen LogP contribution in [0.4, 0.5) is 0 Å². The molecule has 2 aliphatic rings. The first-order valence-electron chi connectivity index (χ1n) is 12.0. The summed E-state index contributed by atoms with van der Waals surface area (Å²) >= 11 is 0. The minimum Gasteiger partial charge on any atom is -0.343 e. The van der Waals surface area contributed by atoms with E-state index in [9.17, 15) is 4.79 Å². The Balaban J connectivity index is 1.28. The van der Waals surface area contributed by atoms with Crippen molar-refractivity contribution >= 4 is 5.91 Å². The van der Waals surface area contributed by atoms with Gasteiger partial charge in [0.2, 0.25) is 0 Å². The number of hydrogen-bond donors (Lipinski definition) is 1. The average molecular weight is 436 g/mol. The van der Waals surface area contributed by atoms with E-state index < -0.39 is 0 Å². The number of nitrogens with one attached hydrogen (secondary N) is 1. The third-order valence-corrected chi connectivity index (χ3v) is 6.98. The van der Waals surface area contributed by atoms with E-state index in [-0.39, 0.29) is 5.91 Å². The molecule has 1 aromatic carbocycles. The fourth-order valence-corrected chi connectivity index (χ4v) is 5.16. The van der Waals surface area contributed by atoms with Crippen molar-refractivity contribution in [3.8, 4) is 0 Å². The molecule has 2 aromatic rings. The zero-order valence-corrected chi connectivity index (χ0v) is 19.6.